The van der Waals surface area contributed by atoms with Gasteiger partial charge in [0, 0.05) is 12.5 Å². The van der Waals surface area contributed by atoms with Crippen LogP contribution >= 0.6 is 0 Å². The van der Waals surface area contributed by atoms with E-state index in [1.54, 1.807) is 4.68 Å². The number of H-pyrrole nitrogens is 1. The number of benzene rings is 2. The molecule has 0 atom stereocenters. The van der Waals surface area contributed by atoms with Crippen molar-refractivity contribution in [3.8, 4) is 17.3 Å². The molecule has 0 fully saturated rings. The Morgan fingerprint density at radius 2 is 1.64 bits per heavy atom. The molecule has 7 nitrogen and oxygen atoms in total. The largest absolute Gasteiger partial charge is 0.503 e. The Morgan fingerprint density at radius 1 is 1.00 bits per heavy atom. The molecule has 2 N–H and O–H groups in total. The highest BCUT2D eigenvalue weighted by molar-refractivity contribution is 5.57. The first-order valence-corrected chi connectivity index (χ1v) is 8.99. The molecule has 0 aliphatic carbocycles. The van der Waals surface area contributed by atoms with Crippen molar-refractivity contribution in [3.63, 3.8) is 0 Å². The second kappa shape index (κ2) is 7.87. The Hall–Kier alpha value is -3.74. The van der Waals surface area contributed by atoms with Crippen LogP contribution in [0.4, 0.5) is 0 Å². The van der Waals surface area contributed by atoms with Crippen molar-refractivity contribution in [2.24, 2.45) is 0 Å². The normalized spacial score (nSPS) is 11.0. The first-order chi connectivity index (χ1) is 13.7. The molecule has 7 heteroatoms. The van der Waals surface area contributed by atoms with Gasteiger partial charge >= 0.3 is 0 Å². The van der Waals surface area contributed by atoms with E-state index in [1.165, 1.54) is 17.5 Å². The molecule has 0 radical (unpaired) electrons. The van der Waals surface area contributed by atoms with E-state index < -0.39 is 11.2 Å². The summed E-state index contributed by atoms with van der Waals surface area (Å²) < 4.78 is 1.67. The summed E-state index contributed by atoms with van der Waals surface area (Å²) in [7, 11) is 0. The van der Waals surface area contributed by atoms with Crippen molar-refractivity contribution in [1.82, 2.24) is 25.0 Å². The van der Waals surface area contributed by atoms with Gasteiger partial charge in [-0.05, 0) is 17.5 Å². The van der Waals surface area contributed by atoms with E-state index in [0.29, 0.717) is 12.4 Å². The number of aryl methyl sites for hydroxylation is 1. The van der Waals surface area contributed by atoms with E-state index in [2.05, 4.69) is 44.5 Å². The minimum absolute atomic E-state index is 0.168. The quantitative estimate of drug-likeness (QED) is 0.542. The second-order valence-corrected chi connectivity index (χ2v) is 6.43. The van der Waals surface area contributed by atoms with E-state index in [1.807, 2.05) is 36.4 Å². The molecule has 2 aromatic carbocycles. The Balaban J connectivity index is 1.64. The Bertz CT molecular complexity index is 1070. The molecule has 0 bridgehead atoms. The number of nitrogens with zero attached hydrogens (tertiary/aromatic N) is 4. The third-order valence-corrected chi connectivity index (χ3v) is 4.70. The number of hydrogen-bond acceptors (Lipinski definition) is 5. The van der Waals surface area contributed by atoms with Gasteiger partial charge in [-0.3, -0.25) is 9.89 Å². The Morgan fingerprint density at radius 3 is 2.29 bits per heavy atom. The van der Waals surface area contributed by atoms with E-state index in [0.717, 1.165) is 12.6 Å². The molecule has 0 unspecified atom stereocenters. The second-order valence-electron chi connectivity index (χ2n) is 6.43. The summed E-state index contributed by atoms with van der Waals surface area (Å²) in [4.78, 5) is 15.9. The van der Waals surface area contributed by atoms with Gasteiger partial charge < -0.3 is 5.11 Å². The van der Waals surface area contributed by atoms with Gasteiger partial charge in [-0.2, -0.15) is 10.2 Å². The van der Waals surface area contributed by atoms with Gasteiger partial charge in [0.2, 0.25) is 5.43 Å². The molecule has 4 aromatic rings. The number of aromatic hydroxyl groups is 1. The zero-order chi connectivity index (χ0) is 19.3. The smallest absolute Gasteiger partial charge is 0.242 e. The Kier molecular flexibility index (Phi) is 4.97. The molecule has 2 aromatic heterocycles. The fourth-order valence-electron chi connectivity index (χ4n) is 3.32. The fraction of sp³-hybridized carbons (Fsp3) is 0.143. The van der Waals surface area contributed by atoms with Crippen LogP contribution in [0.25, 0.3) is 11.5 Å². The zero-order valence-corrected chi connectivity index (χ0v) is 15.1. The fourth-order valence-corrected chi connectivity index (χ4v) is 3.32. The predicted molar refractivity (Wildman–Crippen MR) is 105 cm³/mol. The third kappa shape index (κ3) is 3.55. The minimum atomic E-state index is -0.560. The summed E-state index contributed by atoms with van der Waals surface area (Å²) in [6.07, 6.45) is 3.20. The van der Waals surface area contributed by atoms with Gasteiger partial charge in [-0.1, -0.05) is 60.7 Å². The lowest BCUT2D eigenvalue weighted by Crippen LogP contribution is -2.11. The highest BCUT2D eigenvalue weighted by Crippen LogP contribution is 2.29. The maximum atomic E-state index is 11.7. The lowest BCUT2D eigenvalue weighted by atomic mass is 9.88. The summed E-state index contributed by atoms with van der Waals surface area (Å²) in [6, 6.07) is 20.6. The van der Waals surface area contributed by atoms with Gasteiger partial charge in [0.25, 0.3) is 0 Å². The van der Waals surface area contributed by atoms with Crippen LogP contribution in [-0.4, -0.2) is 30.1 Å². The van der Waals surface area contributed by atoms with Crippen molar-refractivity contribution in [1.29, 1.82) is 0 Å². The molecule has 0 saturated carbocycles. The van der Waals surface area contributed by atoms with Crippen molar-refractivity contribution < 1.29 is 5.11 Å². The molecule has 0 amide bonds. The predicted octanol–water partition coefficient (Wildman–Crippen LogP) is 2.96. The third-order valence-electron chi connectivity index (χ3n) is 4.70. The average Bonchev–Trinajstić information content (AvgIpc) is 3.20. The molecule has 0 aliphatic rings. The molecular weight excluding hydrogens is 354 g/mol. The number of aromatic nitrogens is 5. The Labute approximate surface area is 161 Å². The molecule has 140 valence electrons. The first kappa shape index (κ1) is 17.7. The topological polar surface area (TPSA) is 96.7 Å². The molecule has 4 rings (SSSR count). The zero-order valence-electron chi connectivity index (χ0n) is 15.1. The van der Waals surface area contributed by atoms with Crippen LogP contribution in [0.2, 0.25) is 0 Å². The lowest BCUT2D eigenvalue weighted by Gasteiger charge is -2.18. The summed E-state index contributed by atoms with van der Waals surface area (Å²) in [5, 5.41) is 20.7. The molecular formula is C21H19N5O2. The van der Waals surface area contributed by atoms with E-state index in [-0.39, 0.29) is 11.6 Å². The SMILES string of the molecule is O=c1cn[nH]c(-c2ncnn2CCC(c2ccccc2)c2ccccc2)c1O. The van der Waals surface area contributed by atoms with Gasteiger partial charge in [0.05, 0.1) is 6.20 Å². The van der Waals surface area contributed by atoms with Gasteiger partial charge in [-0.15, -0.1) is 0 Å². The van der Waals surface area contributed by atoms with E-state index >= 15 is 0 Å². The van der Waals surface area contributed by atoms with Crippen LogP contribution in [-0.2, 0) is 6.54 Å². The number of rotatable bonds is 6. The molecule has 0 saturated heterocycles. The van der Waals surface area contributed by atoms with Gasteiger partial charge in [0.1, 0.15) is 12.0 Å². The number of nitrogens with one attached hydrogen (secondary N) is 1. The summed E-state index contributed by atoms with van der Waals surface area (Å²) in [6.45, 7) is 0.556. The highest BCUT2D eigenvalue weighted by Gasteiger charge is 2.18. The van der Waals surface area contributed by atoms with Crippen LogP contribution in [0.3, 0.4) is 0 Å². The van der Waals surface area contributed by atoms with Crippen LogP contribution in [0.5, 0.6) is 5.75 Å². The molecule has 0 spiro atoms. The lowest BCUT2D eigenvalue weighted by molar-refractivity contribution is 0.465. The number of aromatic amines is 1. The van der Waals surface area contributed by atoms with Crippen molar-refractivity contribution in [2.45, 2.75) is 18.9 Å². The van der Waals surface area contributed by atoms with Crippen LogP contribution in [0.15, 0.2) is 78.0 Å². The standard InChI is InChI=1S/C21H19N5O2/c27-18-13-23-25-19(20(18)28)21-22-14-24-26(21)12-11-17(15-7-3-1-4-8-15)16-9-5-2-6-10-16/h1-10,13-14,17H,11-12H2,(H,23,28)(H,25,27). The maximum absolute atomic E-state index is 11.7. The highest BCUT2D eigenvalue weighted by atomic mass is 16.3. The molecule has 28 heavy (non-hydrogen) atoms. The van der Waals surface area contributed by atoms with Crippen LogP contribution in [0.1, 0.15) is 23.5 Å². The van der Waals surface area contributed by atoms with Crippen molar-refractivity contribution >= 4 is 0 Å². The average molecular weight is 373 g/mol. The molecule has 0 aliphatic heterocycles. The van der Waals surface area contributed by atoms with E-state index in [4.69, 9.17) is 0 Å². The maximum Gasteiger partial charge on any atom is 0.242 e. The number of hydrogen-bond donors (Lipinski definition) is 2. The summed E-state index contributed by atoms with van der Waals surface area (Å²) in [5.41, 5.74) is 2.04. The van der Waals surface area contributed by atoms with Crippen molar-refractivity contribution in [2.75, 3.05) is 0 Å². The monoisotopic (exact) mass is 373 g/mol. The van der Waals surface area contributed by atoms with Gasteiger partial charge in [0.15, 0.2) is 11.6 Å². The first-order valence-electron chi connectivity index (χ1n) is 8.99. The summed E-state index contributed by atoms with van der Waals surface area (Å²) in [5.74, 6) is 0.149. The van der Waals surface area contributed by atoms with E-state index in [9.17, 15) is 9.90 Å². The molecule has 2 heterocycles. The van der Waals surface area contributed by atoms with Crippen LogP contribution in [0, 0.1) is 0 Å². The van der Waals surface area contributed by atoms with Gasteiger partial charge in [-0.25, -0.2) is 9.67 Å². The van der Waals surface area contributed by atoms with Crippen LogP contribution < -0.4 is 5.43 Å². The summed E-state index contributed by atoms with van der Waals surface area (Å²) >= 11 is 0. The van der Waals surface area contributed by atoms with Crippen molar-refractivity contribution in [3.05, 3.63) is 94.5 Å². The minimum Gasteiger partial charge on any atom is -0.503 e.